The van der Waals surface area contributed by atoms with Gasteiger partial charge in [-0.1, -0.05) is 0 Å². The van der Waals surface area contributed by atoms with Crippen molar-refractivity contribution < 1.29 is 37.5 Å². The van der Waals surface area contributed by atoms with E-state index in [-0.39, 0.29) is 32.7 Å². The summed E-state index contributed by atoms with van der Waals surface area (Å²) in [7, 11) is 0. The van der Waals surface area contributed by atoms with Crippen molar-refractivity contribution in [2.45, 2.75) is 6.92 Å². The molecule has 0 heterocycles. The van der Waals surface area contributed by atoms with Crippen LogP contribution >= 0.6 is 0 Å². The molecule has 1 nitrogen and oxygen atoms in total. The van der Waals surface area contributed by atoms with E-state index in [9.17, 15) is 0 Å². The summed E-state index contributed by atoms with van der Waals surface area (Å²) >= 11 is 0. The second-order valence-corrected chi connectivity index (χ2v) is 0. The third kappa shape index (κ3) is 61.3. The molecule has 0 bridgehead atoms. The molecule has 0 aromatic rings. The Balaban J connectivity index is -0.0000000133. The number of rotatable bonds is 0. The van der Waals surface area contributed by atoms with Gasteiger partial charge in [0.15, 0.2) is 0 Å². The van der Waals surface area contributed by atoms with Gasteiger partial charge in [0.2, 0.25) is 0 Å². The first-order chi connectivity index (χ1) is 2.00. The van der Waals surface area contributed by atoms with E-state index < -0.39 is 0 Å². The molecule has 0 fully saturated rings. The molecular weight excluding hydrogens is 141 g/mol. The predicted octanol–water partition coefficient (Wildman–Crippen LogP) is 0.653. The van der Waals surface area contributed by atoms with E-state index in [0.717, 1.165) is 0 Å². The second-order valence-electron chi connectivity index (χ2n) is 0. The third-order valence-electron chi connectivity index (χ3n) is 0. The van der Waals surface area contributed by atoms with Gasteiger partial charge in [0.25, 0.3) is 0 Å². The van der Waals surface area contributed by atoms with E-state index in [0.29, 0.717) is 0 Å². The summed E-state index contributed by atoms with van der Waals surface area (Å²) in [6, 6.07) is 0. The zero-order valence-electron chi connectivity index (χ0n) is 3.40. The first kappa shape index (κ1) is 17.1. The smallest absolute Gasteiger partial charge is 0.106 e. The number of carbonyl (C=O) groups excluding carboxylic acids is 1. The van der Waals surface area contributed by atoms with E-state index in [1.54, 1.807) is 6.92 Å². The molecule has 0 aliphatic rings. The summed E-state index contributed by atoms with van der Waals surface area (Å²) in [5.41, 5.74) is 0. The van der Waals surface area contributed by atoms with Crippen molar-refractivity contribution in [2.24, 2.45) is 0 Å². The Kier molecular flexibility index (Phi) is 388. The monoisotopic (exact) mass is 148 g/mol. The summed E-state index contributed by atoms with van der Waals surface area (Å²) in [5.74, 6) is 0. The second kappa shape index (κ2) is 114. The Hall–Kier alpha value is 0.774. The molecule has 0 aliphatic carbocycles. The largest absolute Gasteiger partial charge is 0.346 e. The molecule has 0 unspecified atom stereocenters. The van der Waals surface area contributed by atoms with Crippen LogP contribution in [-0.4, -0.2) is 6.79 Å². The average molecular weight is 148 g/mol. The van der Waals surface area contributed by atoms with Crippen LogP contribution < -0.4 is 0 Å². The summed E-state index contributed by atoms with van der Waals surface area (Å²) in [4.78, 5) is 8.00. The van der Waals surface area contributed by atoms with Gasteiger partial charge in [0, 0.05) is 32.7 Å². The van der Waals surface area contributed by atoms with Crippen LogP contribution in [0.25, 0.3) is 0 Å². The van der Waals surface area contributed by atoms with Gasteiger partial charge in [-0.05, 0) is 0 Å². The van der Waals surface area contributed by atoms with Crippen LogP contribution in [0, 0.1) is 6.92 Å². The van der Waals surface area contributed by atoms with Crippen LogP contribution in [0.3, 0.4) is 0 Å². The Labute approximate surface area is 58.0 Å². The van der Waals surface area contributed by atoms with Crippen LogP contribution in [0.15, 0.2) is 0 Å². The van der Waals surface area contributed by atoms with Gasteiger partial charge in [-0.3, -0.25) is 0 Å². The average Bonchev–Trinajstić information content (AvgIpc) is 1.50. The Morgan fingerprint density at radius 2 is 1.40 bits per heavy atom. The first-order valence-corrected chi connectivity index (χ1v) is 0.996. The van der Waals surface area contributed by atoms with Crippen LogP contribution in [0.2, 0.25) is 0 Å². The van der Waals surface area contributed by atoms with Gasteiger partial charge < -0.3 is 11.7 Å². The SMILES string of the molecule is C=O.[CH2-]C.[Y]. The molecule has 0 N–H and O–H groups in total. The fourth-order valence-corrected chi connectivity index (χ4v) is 0. The normalized spacial score (nSPS) is 2.00. The summed E-state index contributed by atoms with van der Waals surface area (Å²) in [5, 5.41) is 0. The maximum absolute atomic E-state index is 8.00. The topological polar surface area (TPSA) is 17.1 Å². The standard InChI is InChI=1S/C2H5.CH2O.Y/c2*1-2;/h1H2,2H3;1H2;/q-1;;. The van der Waals surface area contributed by atoms with Crippen LogP contribution in [0.1, 0.15) is 6.92 Å². The van der Waals surface area contributed by atoms with Crippen molar-refractivity contribution in [1.29, 1.82) is 0 Å². The Morgan fingerprint density at radius 1 is 1.40 bits per heavy atom. The zero-order valence-corrected chi connectivity index (χ0v) is 6.24. The van der Waals surface area contributed by atoms with Crippen molar-refractivity contribution in [1.82, 2.24) is 0 Å². The molecule has 2 heteroatoms. The number of hydrogen-bond acceptors (Lipinski definition) is 1. The molecule has 0 saturated heterocycles. The van der Waals surface area contributed by atoms with Crippen LogP contribution in [0.4, 0.5) is 0 Å². The Bertz CT molecular complexity index is 6.85. The van der Waals surface area contributed by atoms with Crippen molar-refractivity contribution in [2.75, 3.05) is 0 Å². The molecular formula is C3H7OY-. The Morgan fingerprint density at radius 3 is 1.40 bits per heavy atom. The quantitative estimate of drug-likeness (QED) is 0.461. The third-order valence-corrected chi connectivity index (χ3v) is 0. The van der Waals surface area contributed by atoms with Crippen molar-refractivity contribution in [3.8, 4) is 0 Å². The van der Waals surface area contributed by atoms with E-state index in [1.807, 2.05) is 6.79 Å². The molecule has 0 atom stereocenters. The van der Waals surface area contributed by atoms with Gasteiger partial charge in [-0.25, -0.2) is 0 Å². The van der Waals surface area contributed by atoms with Gasteiger partial charge in [0.1, 0.15) is 6.79 Å². The molecule has 0 amide bonds. The van der Waals surface area contributed by atoms with E-state index in [2.05, 4.69) is 6.92 Å². The molecule has 0 aromatic carbocycles. The molecule has 1 radical (unpaired) electrons. The van der Waals surface area contributed by atoms with E-state index in [4.69, 9.17) is 4.79 Å². The maximum atomic E-state index is 8.00. The summed E-state index contributed by atoms with van der Waals surface area (Å²) < 4.78 is 0. The minimum atomic E-state index is 0. The molecule has 0 spiro atoms. The van der Waals surface area contributed by atoms with Gasteiger partial charge in [0.05, 0.1) is 0 Å². The van der Waals surface area contributed by atoms with Crippen molar-refractivity contribution >= 4 is 6.79 Å². The minimum absolute atomic E-state index is 0. The summed E-state index contributed by atoms with van der Waals surface area (Å²) in [6.07, 6.45) is 0. The zero-order chi connectivity index (χ0) is 4.00. The van der Waals surface area contributed by atoms with Gasteiger partial charge in [-0.2, -0.15) is 6.92 Å². The van der Waals surface area contributed by atoms with Crippen LogP contribution in [0.5, 0.6) is 0 Å². The molecule has 0 aromatic heterocycles. The van der Waals surface area contributed by atoms with E-state index in [1.165, 1.54) is 0 Å². The summed E-state index contributed by atoms with van der Waals surface area (Å²) in [6.45, 7) is 7.00. The number of carbonyl (C=O) groups is 1. The van der Waals surface area contributed by atoms with Crippen LogP contribution in [-0.2, 0) is 37.5 Å². The van der Waals surface area contributed by atoms with Gasteiger partial charge in [-0.15, -0.1) is 0 Å². The molecule has 29 valence electrons. The fourth-order valence-electron chi connectivity index (χ4n) is 0. The fraction of sp³-hybridized carbons (Fsp3) is 0.333. The molecule has 5 heavy (non-hydrogen) atoms. The van der Waals surface area contributed by atoms with Gasteiger partial charge >= 0.3 is 0 Å². The van der Waals surface area contributed by atoms with Crippen molar-refractivity contribution in [3.63, 3.8) is 0 Å². The minimum Gasteiger partial charge on any atom is -0.346 e. The number of hydrogen-bond donors (Lipinski definition) is 0. The predicted molar refractivity (Wildman–Crippen MR) is 18.2 cm³/mol. The maximum Gasteiger partial charge on any atom is 0.106 e. The van der Waals surface area contributed by atoms with Crippen molar-refractivity contribution in [3.05, 3.63) is 6.92 Å². The van der Waals surface area contributed by atoms with E-state index >= 15 is 0 Å². The molecule has 0 rings (SSSR count). The molecule has 0 aliphatic heterocycles. The molecule has 0 saturated carbocycles. The first-order valence-electron chi connectivity index (χ1n) is 0.996.